The first-order valence-corrected chi connectivity index (χ1v) is 8.49. The van der Waals surface area contributed by atoms with Crippen molar-refractivity contribution in [3.8, 4) is 0 Å². The third-order valence-electron chi connectivity index (χ3n) is 4.36. The molecule has 3 rings (SSSR count). The van der Waals surface area contributed by atoms with E-state index in [9.17, 15) is 4.79 Å². The fourth-order valence-electron chi connectivity index (χ4n) is 2.93. The molecule has 0 spiro atoms. The molecule has 6 heteroatoms. The Labute approximate surface area is 147 Å². The molecule has 5 nitrogen and oxygen atoms in total. The number of carbonyl (C=O) groups excluding carboxylic acids is 1. The topological polar surface area (TPSA) is 49.3 Å². The molecule has 24 heavy (non-hydrogen) atoms. The quantitative estimate of drug-likeness (QED) is 0.858. The van der Waals surface area contributed by atoms with E-state index in [2.05, 4.69) is 21.8 Å². The third-order valence-corrected chi connectivity index (χ3v) is 4.62. The van der Waals surface area contributed by atoms with Crippen molar-refractivity contribution in [2.45, 2.75) is 26.8 Å². The Bertz CT molecular complexity index is 760. The van der Waals surface area contributed by atoms with E-state index >= 15 is 0 Å². The molecule has 2 aromatic rings. The largest absolute Gasteiger partial charge is 0.360 e. The van der Waals surface area contributed by atoms with Crippen LogP contribution in [0.15, 0.2) is 24.3 Å². The molecule has 0 atom stereocenters. The average molecular weight is 345 g/mol. The molecule has 0 radical (unpaired) electrons. The van der Waals surface area contributed by atoms with Crippen LogP contribution in [0.25, 0.3) is 0 Å². The number of halogens is 1. The van der Waals surface area contributed by atoms with Gasteiger partial charge in [-0.25, -0.2) is 9.97 Å². The molecule has 1 aliphatic rings. The van der Waals surface area contributed by atoms with Gasteiger partial charge in [-0.2, -0.15) is 0 Å². The summed E-state index contributed by atoms with van der Waals surface area (Å²) in [5, 5.41) is 0.631. The molecule has 0 aliphatic carbocycles. The number of benzene rings is 1. The van der Waals surface area contributed by atoms with Gasteiger partial charge in [-0.05, 0) is 38.1 Å². The number of amides is 1. The summed E-state index contributed by atoms with van der Waals surface area (Å²) in [4.78, 5) is 25.9. The smallest absolute Gasteiger partial charge is 0.254 e. The highest BCUT2D eigenvalue weighted by atomic mass is 35.5. The van der Waals surface area contributed by atoms with E-state index in [4.69, 9.17) is 11.6 Å². The van der Waals surface area contributed by atoms with Gasteiger partial charge in [0.15, 0.2) is 0 Å². The fraction of sp³-hybridized carbons (Fsp3) is 0.389. The number of hydrogen-bond donors (Lipinski definition) is 0. The molecule has 0 fully saturated rings. The Kier molecular flexibility index (Phi) is 4.71. The van der Waals surface area contributed by atoms with E-state index in [1.165, 1.54) is 0 Å². The van der Waals surface area contributed by atoms with Crippen LogP contribution in [0.3, 0.4) is 0 Å². The number of carbonyl (C=O) groups is 1. The van der Waals surface area contributed by atoms with Crippen LogP contribution < -0.4 is 4.90 Å². The zero-order valence-electron chi connectivity index (χ0n) is 14.2. The van der Waals surface area contributed by atoms with Crippen LogP contribution in [0.4, 0.5) is 5.82 Å². The van der Waals surface area contributed by atoms with Crippen molar-refractivity contribution in [2.75, 3.05) is 25.0 Å². The Morgan fingerprint density at radius 2 is 2.00 bits per heavy atom. The van der Waals surface area contributed by atoms with Crippen LogP contribution in [-0.4, -0.2) is 40.9 Å². The lowest BCUT2D eigenvalue weighted by Crippen LogP contribution is -2.38. The molecule has 0 N–H and O–H groups in total. The maximum atomic E-state index is 12.8. The Morgan fingerprint density at radius 1 is 1.29 bits per heavy atom. The summed E-state index contributed by atoms with van der Waals surface area (Å²) >= 11 is 5.91. The van der Waals surface area contributed by atoms with Gasteiger partial charge >= 0.3 is 0 Å². The molecule has 2 heterocycles. The predicted molar refractivity (Wildman–Crippen MR) is 95.6 cm³/mol. The van der Waals surface area contributed by atoms with Crippen LogP contribution in [-0.2, 0) is 13.0 Å². The number of fused-ring (bicyclic) bond motifs is 1. The van der Waals surface area contributed by atoms with Crippen LogP contribution in [0.5, 0.6) is 0 Å². The number of aryl methyl sites for hydroxylation is 1. The average Bonchev–Trinajstić information content (AvgIpc) is 2.60. The summed E-state index contributed by atoms with van der Waals surface area (Å²) in [6.07, 6.45) is 0.753. The predicted octanol–water partition coefficient (Wildman–Crippen LogP) is 3.09. The number of aromatic nitrogens is 2. The van der Waals surface area contributed by atoms with Gasteiger partial charge in [0.25, 0.3) is 5.91 Å². The molecule has 126 valence electrons. The lowest BCUT2D eigenvalue weighted by molar-refractivity contribution is 0.0733. The van der Waals surface area contributed by atoms with Crippen LogP contribution in [0.1, 0.15) is 34.4 Å². The second kappa shape index (κ2) is 6.77. The highest BCUT2D eigenvalue weighted by Gasteiger charge is 2.26. The number of hydrogen-bond acceptors (Lipinski definition) is 4. The van der Waals surface area contributed by atoms with Gasteiger partial charge < -0.3 is 9.80 Å². The van der Waals surface area contributed by atoms with Gasteiger partial charge in [0.05, 0.1) is 12.2 Å². The second-order valence-electron chi connectivity index (χ2n) is 6.02. The molecule has 0 saturated heterocycles. The number of anilines is 1. The maximum absolute atomic E-state index is 12.8. The molecular formula is C18H21ClN4O. The molecule has 0 bridgehead atoms. The lowest BCUT2D eigenvalue weighted by atomic mass is 10.0. The van der Waals surface area contributed by atoms with E-state index in [0.717, 1.165) is 35.9 Å². The van der Waals surface area contributed by atoms with Gasteiger partial charge in [0.1, 0.15) is 11.6 Å². The molecule has 0 saturated carbocycles. The summed E-state index contributed by atoms with van der Waals surface area (Å²) in [6, 6.07) is 7.03. The van der Waals surface area contributed by atoms with E-state index in [0.29, 0.717) is 23.7 Å². The number of nitrogens with zero attached hydrogens (tertiary/aromatic N) is 4. The van der Waals surface area contributed by atoms with Gasteiger partial charge in [0, 0.05) is 42.7 Å². The zero-order chi connectivity index (χ0) is 17.3. The zero-order valence-corrected chi connectivity index (χ0v) is 15.0. The van der Waals surface area contributed by atoms with E-state index < -0.39 is 0 Å². The minimum atomic E-state index is 0.0167. The van der Waals surface area contributed by atoms with Gasteiger partial charge in [0.2, 0.25) is 0 Å². The van der Waals surface area contributed by atoms with Crippen LogP contribution in [0, 0.1) is 6.92 Å². The first kappa shape index (κ1) is 16.7. The summed E-state index contributed by atoms with van der Waals surface area (Å²) in [6.45, 7) is 6.06. The first-order chi connectivity index (χ1) is 11.5. The van der Waals surface area contributed by atoms with E-state index in [1.54, 1.807) is 24.3 Å². The fourth-order valence-corrected chi connectivity index (χ4v) is 3.06. The standard InChI is InChI=1S/C18H21ClN4O/c1-4-22(3)17-15-11-23(10-9-16(15)20-12(2)21-17)18(24)13-5-7-14(19)8-6-13/h5-8H,4,9-11H2,1-3H3. The van der Waals surface area contributed by atoms with Crippen molar-refractivity contribution < 1.29 is 4.79 Å². The molecule has 1 aromatic heterocycles. The Balaban J connectivity index is 1.90. The SMILES string of the molecule is CCN(C)c1nc(C)nc2c1CN(C(=O)c1ccc(Cl)cc1)CC2. The normalized spacial score (nSPS) is 13.6. The summed E-state index contributed by atoms with van der Waals surface area (Å²) in [5.41, 5.74) is 2.76. The monoisotopic (exact) mass is 344 g/mol. The van der Waals surface area contributed by atoms with Gasteiger partial charge in [-0.1, -0.05) is 11.6 Å². The van der Waals surface area contributed by atoms with Crippen molar-refractivity contribution in [1.29, 1.82) is 0 Å². The molecule has 1 amide bonds. The number of rotatable bonds is 3. The van der Waals surface area contributed by atoms with Crippen molar-refractivity contribution in [3.63, 3.8) is 0 Å². The molecule has 0 unspecified atom stereocenters. The van der Waals surface area contributed by atoms with Crippen molar-refractivity contribution >= 4 is 23.3 Å². The van der Waals surface area contributed by atoms with Crippen LogP contribution >= 0.6 is 11.6 Å². The minimum absolute atomic E-state index is 0.0167. The Hall–Kier alpha value is -2.14. The van der Waals surface area contributed by atoms with Crippen LogP contribution in [0.2, 0.25) is 5.02 Å². The first-order valence-electron chi connectivity index (χ1n) is 8.12. The van der Waals surface area contributed by atoms with Gasteiger partial charge in [-0.15, -0.1) is 0 Å². The molecule has 1 aromatic carbocycles. The van der Waals surface area contributed by atoms with Crippen molar-refractivity contribution in [3.05, 3.63) is 51.9 Å². The third kappa shape index (κ3) is 3.22. The highest BCUT2D eigenvalue weighted by Crippen LogP contribution is 2.27. The van der Waals surface area contributed by atoms with Crippen molar-refractivity contribution in [1.82, 2.24) is 14.9 Å². The van der Waals surface area contributed by atoms with E-state index in [1.807, 2.05) is 18.9 Å². The summed E-state index contributed by atoms with van der Waals surface area (Å²) in [5.74, 6) is 1.72. The highest BCUT2D eigenvalue weighted by molar-refractivity contribution is 6.30. The lowest BCUT2D eigenvalue weighted by Gasteiger charge is -2.31. The molecular weight excluding hydrogens is 324 g/mol. The molecule has 1 aliphatic heterocycles. The summed E-state index contributed by atoms with van der Waals surface area (Å²) < 4.78 is 0. The Morgan fingerprint density at radius 3 is 2.67 bits per heavy atom. The minimum Gasteiger partial charge on any atom is -0.360 e. The second-order valence-corrected chi connectivity index (χ2v) is 6.45. The maximum Gasteiger partial charge on any atom is 0.254 e. The summed E-state index contributed by atoms with van der Waals surface area (Å²) in [7, 11) is 2.02. The van der Waals surface area contributed by atoms with E-state index in [-0.39, 0.29) is 5.91 Å². The van der Waals surface area contributed by atoms with Gasteiger partial charge in [-0.3, -0.25) is 4.79 Å². The van der Waals surface area contributed by atoms with Crippen molar-refractivity contribution in [2.24, 2.45) is 0 Å².